The lowest BCUT2D eigenvalue weighted by atomic mass is 9.91. The first-order valence-corrected chi connectivity index (χ1v) is 5.97. The summed E-state index contributed by atoms with van der Waals surface area (Å²) in [5.74, 6) is -0.959. The van der Waals surface area contributed by atoms with Crippen molar-refractivity contribution < 1.29 is 14.3 Å². The molecule has 104 valence electrons. The normalized spacial score (nSPS) is 14.4. The zero-order valence-electron chi connectivity index (χ0n) is 11.7. The Balaban J connectivity index is 2.92. The Bertz CT molecular complexity index is 467. The molecule has 1 aromatic rings. The number of nitrogens with two attached hydrogens (primary N) is 1. The van der Waals surface area contributed by atoms with Crippen LogP contribution < -0.4 is 11.1 Å². The van der Waals surface area contributed by atoms with Gasteiger partial charge in [0.15, 0.2) is 0 Å². The summed E-state index contributed by atoms with van der Waals surface area (Å²) in [5.41, 5.74) is 4.40. The first kappa shape index (κ1) is 15.2. The van der Waals surface area contributed by atoms with Crippen molar-refractivity contribution in [3.63, 3.8) is 0 Å². The van der Waals surface area contributed by atoms with E-state index in [-0.39, 0.29) is 0 Å². The predicted molar refractivity (Wildman–Crippen MR) is 72.2 cm³/mol. The molecule has 0 aliphatic heterocycles. The molecule has 5 heteroatoms. The topological polar surface area (TPSA) is 81.4 Å². The molecule has 5 nitrogen and oxygen atoms in total. The van der Waals surface area contributed by atoms with Gasteiger partial charge in [0, 0.05) is 0 Å². The van der Waals surface area contributed by atoms with E-state index in [1.807, 2.05) is 6.07 Å². The second-order valence-electron chi connectivity index (χ2n) is 5.14. The highest BCUT2D eigenvalue weighted by molar-refractivity contribution is 5.92. The van der Waals surface area contributed by atoms with Crippen molar-refractivity contribution in [3.05, 3.63) is 35.9 Å². The van der Waals surface area contributed by atoms with E-state index in [0.29, 0.717) is 5.56 Å². The van der Waals surface area contributed by atoms with Crippen LogP contribution in [-0.4, -0.2) is 24.5 Å². The van der Waals surface area contributed by atoms with Crippen LogP contribution in [0.4, 0.5) is 0 Å². The molecule has 0 aliphatic carbocycles. The van der Waals surface area contributed by atoms with Gasteiger partial charge in [-0.1, -0.05) is 30.3 Å². The summed E-state index contributed by atoms with van der Waals surface area (Å²) in [5, 5.41) is 2.61. The molecule has 0 heterocycles. The van der Waals surface area contributed by atoms with Crippen LogP contribution in [0, 0.1) is 0 Å². The van der Waals surface area contributed by atoms with Gasteiger partial charge in [-0.05, 0) is 26.3 Å². The molecule has 1 aromatic carbocycles. The van der Waals surface area contributed by atoms with Gasteiger partial charge in [0.05, 0.1) is 7.11 Å². The fraction of sp³-hybridized carbons (Fsp3) is 0.429. The number of nitrogens with one attached hydrogen (secondary N) is 1. The lowest BCUT2D eigenvalue weighted by Gasteiger charge is -2.30. The van der Waals surface area contributed by atoms with Gasteiger partial charge in [-0.2, -0.15) is 0 Å². The summed E-state index contributed by atoms with van der Waals surface area (Å²) in [6.45, 7) is 4.74. The molecule has 1 atom stereocenters. The molecule has 0 saturated carbocycles. The summed E-state index contributed by atoms with van der Waals surface area (Å²) >= 11 is 0. The van der Waals surface area contributed by atoms with E-state index >= 15 is 0 Å². The molecule has 1 unspecified atom stereocenters. The van der Waals surface area contributed by atoms with Crippen LogP contribution in [0.25, 0.3) is 0 Å². The van der Waals surface area contributed by atoms with Crippen LogP contribution in [-0.2, 0) is 19.9 Å². The van der Waals surface area contributed by atoms with E-state index in [9.17, 15) is 9.59 Å². The molecule has 0 aromatic heterocycles. The minimum absolute atomic E-state index is 0.436. The van der Waals surface area contributed by atoms with E-state index in [1.165, 1.54) is 7.11 Å². The Morgan fingerprint density at radius 2 is 1.68 bits per heavy atom. The Kier molecular flexibility index (Phi) is 4.32. The third-order valence-corrected chi connectivity index (χ3v) is 2.97. The number of carbonyl (C=O) groups excluding carboxylic acids is 2. The van der Waals surface area contributed by atoms with Gasteiger partial charge >= 0.3 is 5.97 Å². The van der Waals surface area contributed by atoms with Crippen LogP contribution in [0.5, 0.6) is 0 Å². The second kappa shape index (κ2) is 5.40. The molecular weight excluding hydrogens is 244 g/mol. The highest BCUT2D eigenvalue weighted by Crippen LogP contribution is 2.19. The van der Waals surface area contributed by atoms with E-state index in [4.69, 9.17) is 5.73 Å². The Hall–Kier alpha value is -1.88. The van der Waals surface area contributed by atoms with Crippen LogP contribution in [0.3, 0.4) is 0 Å². The summed E-state index contributed by atoms with van der Waals surface area (Å²) < 4.78 is 4.64. The predicted octanol–water partition coefficient (Wildman–Crippen LogP) is 0.928. The number of amides is 1. The van der Waals surface area contributed by atoms with Crippen LogP contribution in [0.15, 0.2) is 30.3 Å². The standard InChI is InChI=1S/C14H20N2O3/c1-13(2,12(18)19-4)16-11(17)14(3,15)10-8-6-5-7-9-10/h5-9H,15H2,1-4H3,(H,16,17). The van der Waals surface area contributed by atoms with Crippen molar-refractivity contribution in [2.45, 2.75) is 31.8 Å². The largest absolute Gasteiger partial charge is 0.467 e. The van der Waals surface area contributed by atoms with Gasteiger partial charge in [-0.25, -0.2) is 4.79 Å². The Morgan fingerprint density at radius 3 is 2.16 bits per heavy atom. The molecular formula is C14H20N2O3. The second-order valence-corrected chi connectivity index (χ2v) is 5.14. The van der Waals surface area contributed by atoms with Gasteiger partial charge in [0.2, 0.25) is 5.91 Å². The maximum atomic E-state index is 12.3. The first-order valence-electron chi connectivity index (χ1n) is 5.97. The van der Waals surface area contributed by atoms with Crippen molar-refractivity contribution in [3.8, 4) is 0 Å². The van der Waals surface area contributed by atoms with Crippen molar-refractivity contribution in [2.24, 2.45) is 5.73 Å². The van der Waals surface area contributed by atoms with Gasteiger partial charge in [-0.15, -0.1) is 0 Å². The van der Waals surface area contributed by atoms with Crippen LogP contribution in [0.2, 0.25) is 0 Å². The van der Waals surface area contributed by atoms with Crippen molar-refractivity contribution in [2.75, 3.05) is 7.11 Å². The number of benzene rings is 1. The molecule has 0 bridgehead atoms. The summed E-state index contributed by atoms with van der Waals surface area (Å²) in [4.78, 5) is 23.8. The van der Waals surface area contributed by atoms with Gasteiger partial charge in [0.1, 0.15) is 11.1 Å². The van der Waals surface area contributed by atoms with Gasteiger partial charge in [0.25, 0.3) is 0 Å². The monoisotopic (exact) mass is 264 g/mol. The summed E-state index contributed by atoms with van der Waals surface area (Å²) in [7, 11) is 1.27. The average Bonchev–Trinajstić information content (AvgIpc) is 2.38. The first-order chi connectivity index (χ1) is 8.71. The summed E-state index contributed by atoms with van der Waals surface area (Å²) in [6, 6.07) is 8.99. The minimum atomic E-state index is -1.22. The van der Waals surface area contributed by atoms with E-state index in [0.717, 1.165) is 0 Å². The SMILES string of the molecule is COC(=O)C(C)(C)NC(=O)C(C)(N)c1ccccc1. The number of esters is 1. The number of carbonyl (C=O) groups is 2. The van der Waals surface area contributed by atoms with Gasteiger partial charge < -0.3 is 15.8 Å². The van der Waals surface area contributed by atoms with Crippen molar-refractivity contribution >= 4 is 11.9 Å². The molecule has 0 saturated heterocycles. The third kappa shape index (κ3) is 3.32. The lowest BCUT2D eigenvalue weighted by molar-refractivity contribution is -0.150. The molecule has 1 rings (SSSR count). The lowest BCUT2D eigenvalue weighted by Crippen LogP contribution is -2.58. The summed E-state index contributed by atoms with van der Waals surface area (Å²) in [6.07, 6.45) is 0. The number of methoxy groups -OCH3 is 1. The fourth-order valence-corrected chi connectivity index (χ4v) is 1.64. The van der Waals surface area contributed by atoms with E-state index < -0.39 is 23.0 Å². The molecule has 1 amide bonds. The highest BCUT2D eigenvalue weighted by Gasteiger charge is 2.37. The quantitative estimate of drug-likeness (QED) is 0.793. The zero-order chi connectivity index (χ0) is 14.7. The molecule has 0 radical (unpaired) electrons. The number of rotatable bonds is 4. The van der Waals surface area contributed by atoms with Crippen molar-refractivity contribution in [1.82, 2.24) is 5.32 Å². The molecule has 19 heavy (non-hydrogen) atoms. The fourth-order valence-electron chi connectivity index (χ4n) is 1.64. The molecule has 0 aliphatic rings. The average molecular weight is 264 g/mol. The Morgan fingerprint density at radius 1 is 1.16 bits per heavy atom. The maximum absolute atomic E-state index is 12.3. The number of hydrogen-bond acceptors (Lipinski definition) is 4. The molecule has 0 spiro atoms. The van der Waals surface area contributed by atoms with E-state index in [2.05, 4.69) is 10.1 Å². The molecule has 0 fully saturated rings. The smallest absolute Gasteiger partial charge is 0.330 e. The third-order valence-electron chi connectivity index (χ3n) is 2.97. The van der Waals surface area contributed by atoms with Crippen LogP contribution in [0.1, 0.15) is 26.3 Å². The number of ether oxygens (including phenoxy) is 1. The molecule has 3 N–H and O–H groups in total. The van der Waals surface area contributed by atoms with Gasteiger partial charge in [-0.3, -0.25) is 4.79 Å². The highest BCUT2D eigenvalue weighted by atomic mass is 16.5. The van der Waals surface area contributed by atoms with Crippen LogP contribution >= 0.6 is 0 Å². The maximum Gasteiger partial charge on any atom is 0.330 e. The minimum Gasteiger partial charge on any atom is -0.467 e. The van der Waals surface area contributed by atoms with Crippen molar-refractivity contribution in [1.29, 1.82) is 0 Å². The zero-order valence-corrected chi connectivity index (χ0v) is 11.7. The Labute approximate surface area is 113 Å². The number of hydrogen-bond donors (Lipinski definition) is 2. The van der Waals surface area contributed by atoms with E-state index in [1.54, 1.807) is 45.0 Å².